The van der Waals surface area contributed by atoms with Crippen LogP contribution in [0.5, 0.6) is 5.75 Å². The van der Waals surface area contributed by atoms with Gasteiger partial charge in [0.1, 0.15) is 10.6 Å². The Bertz CT molecular complexity index is 538. The van der Waals surface area contributed by atoms with E-state index in [-0.39, 0.29) is 0 Å². The molecule has 1 aromatic rings. The van der Waals surface area contributed by atoms with Gasteiger partial charge in [-0.2, -0.15) is 13.2 Å². The third kappa shape index (κ3) is 3.36. The number of hydrogen-bond donors (Lipinski definition) is 1. The van der Waals surface area contributed by atoms with Crippen molar-refractivity contribution in [1.29, 1.82) is 0 Å². The van der Waals surface area contributed by atoms with E-state index < -0.39 is 38.5 Å². The predicted octanol–water partition coefficient (Wildman–Crippen LogP) is 2.14. The molecule has 18 heavy (non-hydrogen) atoms. The van der Waals surface area contributed by atoms with Crippen LogP contribution in [0.3, 0.4) is 0 Å². The van der Waals surface area contributed by atoms with Crippen LogP contribution in [0.25, 0.3) is 0 Å². The highest BCUT2D eigenvalue weighted by molar-refractivity contribution is 7.89. The van der Waals surface area contributed by atoms with Gasteiger partial charge in [-0.05, 0) is 26.0 Å². The van der Waals surface area contributed by atoms with Gasteiger partial charge < -0.3 is 4.74 Å². The summed E-state index contributed by atoms with van der Waals surface area (Å²) in [6.07, 6.45) is -5.30. The molecule has 2 N–H and O–H groups in total. The zero-order chi connectivity index (χ0) is 14.1. The van der Waals surface area contributed by atoms with Crippen LogP contribution in [-0.4, -0.2) is 14.5 Å². The number of halogens is 3. The van der Waals surface area contributed by atoms with Gasteiger partial charge in [0.2, 0.25) is 10.0 Å². The molecule has 0 saturated carbocycles. The van der Waals surface area contributed by atoms with Crippen LogP contribution in [0.4, 0.5) is 13.2 Å². The maximum atomic E-state index is 12.7. The highest BCUT2D eigenvalue weighted by Gasteiger charge is 2.38. The van der Waals surface area contributed by atoms with Gasteiger partial charge in [0.25, 0.3) is 0 Å². The molecule has 1 rings (SSSR count). The zero-order valence-electron chi connectivity index (χ0n) is 9.65. The summed E-state index contributed by atoms with van der Waals surface area (Å²) in [4.78, 5) is -1.04. The van der Waals surface area contributed by atoms with Crippen molar-refractivity contribution in [3.05, 3.63) is 23.8 Å². The van der Waals surface area contributed by atoms with E-state index in [1.54, 1.807) is 13.8 Å². The highest BCUT2D eigenvalue weighted by Crippen LogP contribution is 2.38. The van der Waals surface area contributed by atoms with Crippen LogP contribution in [0.15, 0.2) is 23.1 Å². The summed E-state index contributed by atoms with van der Waals surface area (Å²) in [5.41, 5.74) is -1.33. The molecule has 0 heterocycles. The lowest BCUT2D eigenvalue weighted by Crippen LogP contribution is -2.21. The minimum absolute atomic E-state index is 0.401. The van der Waals surface area contributed by atoms with Gasteiger partial charge in [0.05, 0.1) is 11.7 Å². The van der Waals surface area contributed by atoms with E-state index in [1.165, 1.54) is 0 Å². The number of sulfonamides is 1. The standard InChI is InChI=1S/C10H12F3NO3S/c1-6(2)17-8-5-3-4-7(10(11,12)13)9(8)18(14,15)16/h3-6H,1-2H3,(H2,14,15,16). The monoisotopic (exact) mass is 283 g/mol. The molecule has 0 unspecified atom stereocenters. The zero-order valence-corrected chi connectivity index (χ0v) is 10.5. The summed E-state index contributed by atoms with van der Waals surface area (Å²) < 4.78 is 65.8. The van der Waals surface area contributed by atoms with Crippen molar-refractivity contribution in [2.45, 2.75) is 31.0 Å². The van der Waals surface area contributed by atoms with Crippen molar-refractivity contribution in [3.8, 4) is 5.75 Å². The number of benzene rings is 1. The first kappa shape index (κ1) is 14.8. The quantitative estimate of drug-likeness (QED) is 0.924. The molecule has 1 aromatic carbocycles. The molecular formula is C10H12F3NO3S. The number of alkyl halides is 3. The first-order chi connectivity index (χ1) is 8.03. The molecule has 8 heteroatoms. The van der Waals surface area contributed by atoms with Crippen LogP contribution >= 0.6 is 0 Å². The molecule has 0 radical (unpaired) electrons. The van der Waals surface area contributed by atoms with Crippen molar-refractivity contribution in [1.82, 2.24) is 0 Å². The average molecular weight is 283 g/mol. The Morgan fingerprint density at radius 3 is 2.22 bits per heavy atom. The van der Waals surface area contributed by atoms with Gasteiger partial charge in [-0.1, -0.05) is 6.07 Å². The molecular weight excluding hydrogens is 271 g/mol. The molecule has 0 bridgehead atoms. The number of rotatable bonds is 3. The van der Waals surface area contributed by atoms with Crippen LogP contribution in [-0.2, 0) is 16.2 Å². The fourth-order valence-corrected chi connectivity index (χ4v) is 2.27. The summed E-state index contributed by atoms with van der Waals surface area (Å²) in [5.74, 6) is -0.401. The molecule has 0 aliphatic heterocycles. The third-order valence-electron chi connectivity index (χ3n) is 1.93. The fourth-order valence-electron chi connectivity index (χ4n) is 1.38. The van der Waals surface area contributed by atoms with Crippen LogP contribution in [0.2, 0.25) is 0 Å². The molecule has 0 fully saturated rings. The molecule has 4 nitrogen and oxygen atoms in total. The summed E-state index contributed by atoms with van der Waals surface area (Å²) in [6, 6.07) is 2.84. The van der Waals surface area contributed by atoms with E-state index in [1.807, 2.05) is 0 Å². The van der Waals surface area contributed by atoms with Crippen molar-refractivity contribution in [3.63, 3.8) is 0 Å². The van der Waals surface area contributed by atoms with Gasteiger partial charge in [-0.25, -0.2) is 13.6 Å². The summed E-state index contributed by atoms with van der Waals surface area (Å²) in [7, 11) is -4.54. The average Bonchev–Trinajstić information content (AvgIpc) is 2.13. The molecule has 0 amide bonds. The minimum Gasteiger partial charge on any atom is -0.490 e. The Balaban J connectivity index is 3.56. The van der Waals surface area contributed by atoms with Gasteiger partial charge >= 0.3 is 6.18 Å². The van der Waals surface area contributed by atoms with E-state index in [2.05, 4.69) is 0 Å². The highest BCUT2D eigenvalue weighted by atomic mass is 32.2. The molecule has 0 saturated heterocycles. The van der Waals surface area contributed by atoms with E-state index in [4.69, 9.17) is 9.88 Å². The molecule has 102 valence electrons. The first-order valence-corrected chi connectivity index (χ1v) is 6.47. The lowest BCUT2D eigenvalue weighted by atomic mass is 10.2. The number of nitrogens with two attached hydrogens (primary N) is 1. The minimum atomic E-state index is -4.82. The van der Waals surface area contributed by atoms with Gasteiger partial charge in [-0.3, -0.25) is 0 Å². The van der Waals surface area contributed by atoms with Crippen molar-refractivity contribution in [2.75, 3.05) is 0 Å². The molecule has 0 aliphatic carbocycles. The Kier molecular flexibility index (Phi) is 3.92. The van der Waals surface area contributed by atoms with Crippen molar-refractivity contribution in [2.24, 2.45) is 5.14 Å². The van der Waals surface area contributed by atoms with Crippen LogP contribution in [0, 0.1) is 0 Å². The summed E-state index contributed by atoms with van der Waals surface area (Å²) in [5, 5.41) is 4.82. The summed E-state index contributed by atoms with van der Waals surface area (Å²) >= 11 is 0. The van der Waals surface area contributed by atoms with Gasteiger partial charge in [-0.15, -0.1) is 0 Å². The second kappa shape index (κ2) is 4.77. The molecule has 0 aromatic heterocycles. The second-order valence-electron chi connectivity index (χ2n) is 3.84. The third-order valence-corrected chi connectivity index (χ3v) is 2.92. The van der Waals surface area contributed by atoms with Crippen LogP contribution < -0.4 is 9.88 Å². The number of ether oxygens (including phenoxy) is 1. The predicted molar refractivity (Wildman–Crippen MR) is 58.6 cm³/mol. The SMILES string of the molecule is CC(C)Oc1cccc(C(F)(F)F)c1S(N)(=O)=O. The number of primary sulfonamides is 1. The largest absolute Gasteiger partial charge is 0.490 e. The molecule has 0 atom stereocenters. The van der Waals surface area contributed by atoms with E-state index in [0.29, 0.717) is 6.07 Å². The Labute approximate surface area is 103 Å². The Hall–Kier alpha value is -1.28. The maximum absolute atomic E-state index is 12.7. The number of hydrogen-bond acceptors (Lipinski definition) is 3. The Morgan fingerprint density at radius 2 is 1.83 bits per heavy atom. The normalized spacial score (nSPS) is 12.8. The molecule has 0 spiro atoms. The lowest BCUT2D eigenvalue weighted by Gasteiger charge is -2.17. The Morgan fingerprint density at radius 1 is 1.28 bits per heavy atom. The van der Waals surface area contributed by atoms with E-state index in [9.17, 15) is 21.6 Å². The van der Waals surface area contributed by atoms with Crippen LogP contribution in [0.1, 0.15) is 19.4 Å². The maximum Gasteiger partial charge on any atom is 0.417 e. The lowest BCUT2D eigenvalue weighted by molar-refractivity contribution is -0.140. The van der Waals surface area contributed by atoms with E-state index in [0.717, 1.165) is 12.1 Å². The molecule has 0 aliphatic rings. The fraction of sp³-hybridized carbons (Fsp3) is 0.400. The van der Waals surface area contributed by atoms with Gasteiger partial charge in [0, 0.05) is 0 Å². The topological polar surface area (TPSA) is 69.4 Å². The first-order valence-electron chi connectivity index (χ1n) is 4.93. The van der Waals surface area contributed by atoms with Crippen molar-refractivity contribution >= 4 is 10.0 Å². The van der Waals surface area contributed by atoms with E-state index >= 15 is 0 Å². The summed E-state index contributed by atoms with van der Waals surface area (Å²) in [6.45, 7) is 3.13. The van der Waals surface area contributed by atoms with Gasteiger partial charge in [0.15, 0.2) is 0 Å². The second-order valence-corrected chi connectivity index (χ2v) is 5.34. The van der Waals surface area contributed by atoms with Crippen molar-refractivity contribution < 1.29 is 26.3 Å². The smallest absolute Gasteiger partial charge is 0.417 e.